The van der Waals surface area contributed by atoms with Gasteiger partial charge in [0, 0.05) is 17.1 Å². The van der Waals surface area contributed by atoms with Crippen LogP contribution < -0.4 is 0 Å². The first-order valence-electron chi connectivity index (χ1n) is 6.12. The molecule has 0 aliphatic heterocycles. The van der Waals surface area contributed by atoms with Crippen molar-refractivity contribution >= 4 is 28.4 Å². The number of hydrogen-bond acceptors (Lipinski definition) is 5. The van der Waals surface area contributed by atoms with Crippen LogP contribution in [0.25, 0.3) is 10.9 Å². The minimum absolute atomic E-state index is 0.0744. The van der Waals surface area contributed by atoms with Gasteiger partial charge in [-0.1, -0.05) is 42.1 Å². The second-order valence-corrected chi connectivity index (χ2v) is 5.13. The maximum Gasteiger partial charge on any atom is 0.173 e. The van der Waals surface area contributed by atoms with Crippen LogP contribution >= 0.6 is 11.8 Å². The van der Waals surface area contributed by atoms with Gasteiger partial charge in [-0.05, 0) is 12.1 Å². The molecule has 3 aromatic rings. The maximum atomic E-state index is 12.1. The first-order chi connectivity index (χ1) is 9.84. The summed E-state index contributed by atoms with van der Waals surface area (Å²) in [5.41, 5.74) is 1.49. The molecule has 0 unspecified atom stereocenters. The lowest BCUT2D eigenvalue weighted by molar-refractivity contribution is 0.102. The van der Waals surface area contributed by atoms with E-state index in [0.717, 1.165) is 10.9 Å². The summed E-state index contributed by atoms with van der Waals surface area (Å²) in [5, 5.41) is 9.63. The fourth-order valence-corrected chi connectivity index (χ4v) is 2.68. The van der Waals surface area contributed by atoms with Gasteiger partial charge in [0.1, 0.15) is 10.5 Å². The monoisotopic (exact) mass is 281 g/mol. The van der Waals surface area contributed by atoms with Gasteiger partial charge >= 0.3 is 0 Å². The van der Waals surface area contributed by atoms with Crippen LogP contribution in [-0.2, 0) is 0 Å². The summed E-state index contributed by atoms with van der Waals surface area (Å²) in [6.07, 6.45) is 3.39. The molecule has 4 nitrogen and oxygen atoms in total. The molecule has 1 aromatic carbocycles. The van der Waals surface area contributed by atoms with Crippen LogP contribution in [0.2, 0.25) is 0 Å². The first kappa shape index (κ1) is 12.7. The number of fused-ring (bicyclic) bond motifs is 1. The van der Waals surface area contributed by atoms with Gasteiger partial charge in [0.25, 0.3) is 0 Å². The van der Waals surface area contributed by atoms with Crippen molar-refractivity contribution in [1.82, 2.24) is 15.2 Å². The lowest BCUT2D eigenvalue weighted by Crippen LogP contribution is -2.02. The predicted octanol–water partition coefficient (Wildman–Crippen LogP) is 3.00. The molecule has 0 aliphatic carbocycles. The van der Waals surface area contributed by atoms with E-state index >= 15 is 0 Å². The number of carbonyl (C=O) groups excluding carboxylic acids is 1. The van der Waals surface area contributed by atoms with Gasteiger partial charge in [0.15, 0.2) is 5.78 Å². The van der Waals surface area contributed by atoms with E-state index < -0.39 is 0 Å². The van der Waals surface area contributed by atoms with Gasteiger partial charge in [-0.25, -0.2) is 0 Å². The van der Waals surface area contributed by atoms with E-state index in [-0.39, 0.29) is 5.78 Å². The second kappa shape index (κ2) is 5.79. The first-order valence-corrected chi connectivity index (χ1v) is 7.10. The molecule has 2 aromatic heterocycles. The van der Waals surface area contributed by atoms with Crippen molar-refractivity contribution in [1.29, 1.82) is 0 Å². The average Bonchev–Trinajstić information content (AvgIpc) is 2.53. The van der Waals surface area contributed by atoms with Crippen LogP contribution in [-0.4, -0.2) is 26.7 Å². The smallest absolute Gasteiger partial charge is 0.173 e. The van der Waals surface area contributed by atoms with E-state index in [1.807, 2.05) is 42.5 Å². The van der Waals surface area contributed by atoms with Crippen molar-refractivity contribution in [3.05, 3.63) is 60.4 Å². The lowest BCUT2D eigenvalue weighted by atomic mass is 10.2. The molecule has 20 heavy (non-hydrogen) atoms. The number of ketones is 1. The van der Waals surface area contributed by atoms with Gasteiger partial charge in [-0.2, -0.15) is 5.10 Å². The van der Waals surface area contributed by atoms with Gasteiger partial charge in [0.2, 0.25) is 0 Å². The zero-order valence-corrected chi connectivity index (χ0v) is 11.4. The number of benzene rings is 1. The quantitative estimate of drug-likeness (QED) is 0.543. The zero-order valence-electron chi connectivity index (χ0n) is 10.6. The SMILES string of the molecule is O=C(CSc1nncc2cccnc12)c1ccccc1. The van der Waals surface area contributed by atoms with E-state index in [1.165, 1.54) is 11.8 Å². The number of thioether (sulfide) groups is 1. The van der Waals surface area contributed by atoms with E-state index in [4.69, 9.17) is 0 Å². The number of nitrogens with zero attached hydrogens (tertiary/aromatic N) is 3. The van der Waals surface area contributed by atoms with Crippen molar-refractivity contribution in [3.8, 4) is 0 Å². The van der Waals surface area contributed by atoms with Gasteiger partial charge in [0.05, 0.1) is 11.9 Å². The van der Waals surface area contributed by atoms with Crippen LogP contribution in [0.3, 0.4) is 0 Å². The Morgan fingerprint density at radius 3 is 2.80 bits per heavy atom. The summed E-state index contributed by atoms with van der Waals surface area (Å²) < 4.78 is 0. The summed E-state index contributed by atoms with van der Waals surface area (Å²) >= 11 is 1.37. The fraction of sp³-hybridized carbons (Fsp3) is 0.0667. The van der Waals surface area contributed by atoms with Crippen LogP contribution in [0.4, 0.5) is 0 Å². The maximum absolute atomic E-state index is 12.1. The number of pyridine rings is 1. The number of hydrogen-bond donors (Lipinski definition) is 0. The van der Waals surface area contributed by atoms with Gasteiger partial charge in [-0.15, -0.1) is 5.10 Å². The molecule has 5 heteroatoms. The third-order valence-electron chi connectivity index (χ3n) is 2.82. The Hall–Kier alpha value is -2.27. The molecule has 0 saturated carbocycles. The van der Waals surface area contributed by atoms with E-state index in [2.05, 4.69) is 15.2 Å². The van der Waals surface area contributed by atoms with Crippen LogP contribution in [0.15, 0.2) is 59.9 Å². The van der Waals surface area contributed by atoms with E-state index in [9.17, 15) is 4.79 Å². The Kier molecular flexibility index (Phi) is 3.69. The summed E-state index contributed by atoms with van der Waals surface area (Å²) in [4.78, 5) is 16.4. The van der Waals surface area contributed by atoms with Crippen LogP contribution in [0, 0.1) is 0 Å². The van der Waals surface area contributed by atoms with Crippen molar-refractivity contribution in [2.24, 2.45) is 0 Å². The van der Waals surface area contributed by atoms with Crippen molar-refractivity contribution in [3.63, 3.8) is 0 Å². The highest BCUT2D eigenvalue weighted by Gasteiger charge is 2.10. The number of carbonyl (C=O) groups is 1. The molecule has 0 amide bonds. The minimum Gasteiger partial charge on any atom is -0.293 e. The van der Waals surface area contributed by atoms with Crippen LogP contribution in [0.5, 0.6) is 0 Å². The molecule has 0 spiro atoms. The predicted molar refractivity (Wildman–Crippen MR) is 78.8 cm³/mol. The Morgan fingerprint density at radius 2 is 1.95 bits per heavy atom. The average molecular weight is 281 g/mol. The number of aromatic nitrogens is 3. The highest BCUT2D eigenvalue weighted by Crippen LogP contribution is 2.23. The summed E-state index contributed by atoms with van der Waals surface area (Å²) in [5.74, 6) is 0.402. The molecule has 98 valence electrons. The lowest BCUT2D eigenvalue weighted by Gasteiger charge is -2.03. The topological polar surface area (TPSA) is 55.7 Å². The molecule has 0 aliphatic rings. The molecule has 2 heterocycles. The molecular weight excluding hydrogens is 270 g/mol. The van der Waals surface area contributed by atoms with Crippen LogP contribution in [0.1, 0.15) is 10.4 Å². The molecule has 0 atom stereocenters. The van der Waals surface area contributed by atoms with Crippen molar-refractivity contribution < 1.29 is 4.79 Å². The molecule has 0 radical (unpaired) electrons. The third-order valence-corrected chi connectivity index (χ3v) is 3.78. The summed E-state index contributed by atoms with van der Waals surface area (Å²) in [6.45, 7) is 0. The molecular formula is C15H11N3OS. The summed E-state index contributed by atoms with van der Waals surface area (Å²) in [6, 6.07) is 13.0. The number of rotatable bonds is 4. The zero-order chi connectivity index (χ0) is 13.8. The molecule has 0 saturated heterocycles. The number of Topliss-reactive ketones (excluding diaryl/α,β-unsaturated/α-hetero) is 1. The molecule has 0 N–H and O–H groups in total. The standard InChI is InChI=1S/C15H11N3OS/c19-13(11-5-2-1-3-6-11)10-20-15-14-12(9-17-18-15)7-4-8-16-14/h1-9H,10H2. The highest BCUT2D eigenvalue weighted by atomic mass is 32.2. The summed E-state index contributed by atoms with van der Waals surface area (Å²) in [7, 11) is 0. The third kappa shape index (κ3) is 2.67. The van der Waals surface area contributed by atoms with Crippen molar-refractivity contribution in [2.75, 3.05) is 5.75 Å². The highest BCUT2D eigenvalue weighted by molar-refractivity contribution is 8.00. The Balaban J connectivity index is 1.79. The minimum atomic E-state index is 0.0744. The molecule has 0 fully saturated rings. The Morgan fingerprint density at radius 1 is 1.10 bits per heavy atom. The second-order valence-electron chi connectivity index (χ2n) is 4.17. The van der Waals surface area contributed by atoms with E-state index in [0.29, 0.717) is 16.3 Å². The Bertz CT molecular complexity index is 741. The van der Waals surface area contributed by atoms with E-state index in [1.54, 1.807) is 12.4 Å². The molecule has 3 rings (SSSR count). The van der Waals surface area contributed by atoms with Gasteiger partial charge in [-0.3, -0.25) is 9.78 Å². The fourth-order valence-electron chi connectivity index (χ4n) is 1.83. The largest absolute Gasteiger partial charge is 0.293 e. The molecule has 0 bridgehead atoms. The normalized spacial score (nSPS) is 10.6. The Labute approximate surface area is 120 Å². The van der Waals surface area contributed by atoms with Gasteiger partial charge < -0.3 is 0 Å². The van der Waals surface area contributed by atoms with Crippen molar-refractivity contribution in [2.45, 2.75) is 5.03 Å².